The minimum atomic E-state index is -0.0609. The molecule has 18 heavy (non-hydrogen) atoms. The summed E-state index contributed by atoms with van der Waals surface area (Å²) in [6.45, 7) is 0. The second-order valence-corrected chi connectivity index (χ2v) is 5.90. The zero-order valence-corrected chi connectivity index (χ0v) is 12.6. The molecule has 1 aliphatic carbocycles. The van der Waals surface area contributed by atoms with E-state index in [4.69, 9.17) is 4.74 Å². The maximum absolute atomic E-state index is 12.1. The number of hydrogen-bond donors (Lipinski definition) is 2. The first kappa shape index (κ1) is 13.9. The molecule has 0 radical (unpaired) electrons. The summed E-state index contributed by atoms with van der Waals surface area (Å²) in [6, 6.07) is 5.66. The van der Waals surface area contributed by atoms with Crippen molar-refractivity contribution in [2.45, 2.75) is 36.3 Å². The lowest BCUT2D eigenvalue weighted by atomic mass is 10.2. The van der Waals surface area contributed by atoms with Crippen LogP contribution in [0.2, 0.25) is 0 Å². The molecule has 0 heterocycles. The number of halogens is 1. The summed E-state index contributed by atoms with van der Waals surface area (Å²) in [5.74, 6) is -0.0609. The summed E-state index contributed by atoms with van der Waals surface area (Å²) in [4.78, 5) is 12.8. The van der Waals surface area contributed by atoms with Crippen molar-refractivity contribution in [2.75, 3.05) is 7.11 Å². The van der Waals surface area contributed by atoms with Crippen LogP contribution >= 0.6 is 28.6 Å². The highest BCUT2D eigenvalue weighted by Gasteiger charge is 2.26. The van der Waals surface area contributed by atoms with E-state index >= 15 is 0 Å². The van der Waals surface area contributed by atoms with Crippen LogP contribution in [0.3, 0.4) is 0 Å². The lowest BCUT2D eigenvalue weighted by Gasteiger charge is -2.14. The topological polar surface area (TPSA) is 38.3 Å². The van der Waals surface area contributed by atoms with Gasteiger partial charge in [0.1, 0.15) is 0 Å². The molecule has 0 saturated heterocycles. The van der Waals surface area contributed by atoms with E-state index in [1.54, 1.807) is 13.2 Å². The summed E-state index contributed by atoms with van der Waals surface area (Å²) in [7, 11) is 1.72. The Labute approximate surface area is 121 Å². The van der Waals surface area contributed by atoms with Crippen molar-refractivity contribution in [1.29, 1.82) is 0 Å². The molecule has 5 heteroatoms. The van der Waals surface area contributed by atoms with E-state index in [0.29, 0.717) is 10.5 Å². The largest absolute Gasteiger partial charge is 0.381 e. The van der Waals surface area contributed by atoms with E-state index in [0.717, 1.165) is 23.7 Å². The van der Waals surface area contributed by atoms with Gasteiger partial charge in [0, 0.05) is 22.5 Å². The minimum Gasteiger partial charge on any atom is -0.381 e. The number of rotatable bonds is 3. The number of ether oxygens (including phenoxy) is 1. The summed E-state index contributed by atoms with van der Waals surface area (Å²) in [5, 5.41) is 3.04. The number of methoxy groups -OCH3 is 1. The number of carbonyl (C=O) groups excluding carboxylic acids is 1. The van der Waals surface area contributed by atoms with Gasteiger partial charge >= 0.3 is 0 Å². The second-order valence-electron chi connectivity index (χ2n) is 4.50. The van der Waals surface area contributed by atoms with Crippen molar-refractivity contribution in [3.8, 4) is 0 Å². The SMILES string of the molecule is COC1CCC(NC(=O)c2ccc(Br)cc2S)C1. The highest BCUT2D eigenvalue weighted by Crippen LogP contribution is 2.23. The van der Waals surface area contributed by atoms with Gasteiger partial charge in [-0.3, -0.25) is 4.79 Å². The van der Waals surface area contributed by atoms with Crippen molar-refractivity contribution in [3.05, 3.63) is 28.2 Å². The molecule has 0 aliphatic heterocycles. The smallest absolute Gasteiger partial charge is 0.252 e. The molecule has 0 bridgehead atoms. The van der Waals surface area contributed by atoms with E-state index in [9.17, 15) is 4.79 Å². The quantitative estimate of drug-likeness (QED) is 0.836. The molecule has 1 amide bonds. The average molecular weight is 330 g/mol. The second kappa shape index (κ2) is 6.08. The zero-order chi connectivity index (χ0) is 13.1. The molecule has 1 aromatic carbocycles. The lowest BCUT2D eigenvalue weighted by molar-refractivity contribution is 0.0912. The Hall–Kier alpha value is -0.520. The Bertz CT molecular complexity index is 453. The van der Waals surface area contributed by atoms with Crippen LogP contribution < -0.4 is 5.32 Å². The fourth-order valence-electron chi connectivity index (χ4n) is 2.25. The Balaban J connectivity index is 2.00. The van der Waals surface area contributed by atoms with Gasteiger partial charge in [0.25, 0.3) is 5.91 Å². The molecule has 1 fully saturated rings. The molecule has 1 aliphatic rings. The van der Waals surface area contributed by atoms with Gasteiger partial charge in [-0.25, -0.2) is 0 Å². The maximum Gasteiger partial charge on any atom is 0.252 e. The molecule has 3 nitrogen and oxygen atoms in total. The zero-order valence-electron chi connectivity index (χ0n) is 10.1. The highest BCUT2D eigenvalue weighted by molar-refractivity contribution is 9.10. The third kappa shape index (κ3) is 3.28. The van der Waals surface area contributed by atoms with E-state index in [1.165, 1.54) is 0 Å². The van der Waals surface area contributed by atoms with Crippen LogP contribution in [0.15, 0.2) is 27.6 Å². The van der Waals surface area contributed by atoms with Gasteiger partial charge in [0.05, 0.1) is 11.7 Å². The Morgan fingerprint density at radius 2 is 2.28 bits per heavy atom. The molecule has 2 atom stereocenters. The summed E-state index contributed by atoms with van der Waals surface area (Å²) < 4.78 is 6.22. The third-order valence-electron chi connectivity index (χ3n) is 3.26. The van der Waals surface area contributed by atoms with Crippen molar-refractivity contribution >= 4 is 34.5 Å². The first-order valence-corrected chi connectivity index (χ1v) is 7.16. The van der Waals surface area contributed by atoms with Crippen molar-refractivity contribution in [1.82, 2.24) is 5.32 Å². The number of amides is 1. The molecule has 0 aromatic heterocycles. The number of nitrogens with one attached hydrogen (secondary N) is 1. The fraction of sp³-hybridized carbons (Fsp3) is 0.462. The van der Waals surface area contributed by atoms with Crippen LogP contribution in [-0.4, -0.2) is 25.2 Å². The Morgan fingerprint density at radius 1 is 1.50 bits per heavy atom. The molecule has 0 spiro atoms. The van der Waals surface area contributed by atoms with Gasteiger partial charge in [-0.15, -0.1) is 12.6 Å². The van der Waals surface area contributed by atoms with Crippen LogP contribution in [0, 0.1) is 0 Å². The summed E-state index contributed by atoms with van der Waals surface area (Å²) in [6.07, 6.45) is 3.15. The molecule has 1 aromatic rings. The third-order valence-corrected chi connectivity index (χ3v) is 4.12. The number of benzene rings is 1. The predicted molar refractivity (Wildman–Crippen MR) is 77.3 cm³/mol. The van der Waals surface area contributed by atoms with Gasteiger partial charge < -0.3 is 10.1 Å². The molecule has 2 unspecified atom stereocenters. The van der Waals surface area contributed by atoms with E-state index in [-0.39, 0.29) is 18.1 Å². The van der Waals surface area contributed by atoms with Crippen molar-refractivity contribution in [3.63, 3.8) is 0 Å². The molecule has 2 rings (SSSR count). The fourth-order valence-corrected chi connectivity index (χ4v) is 3.10. The normalized spacial score (nSPS) is 23.1. The van der Waals surface area contributed by atoms with Crippen molar-refractivity contribution < 1.29 is 9.53 Å². The first-order valence-electron chi connectivity index (χ1n) is 5.92. The molecule has 1 saturated carbocycles. The number of carbonyl (C=O) groups is 1. The predicted octanol–water partition coefficient (Wildman–Crippen LogP) is 3.04. The highest BCUT2D eigenvalue weighted by atomic mass is 79.9. The van der Waals surface area contributed by atoms with E-state index in [2.05, 4.69) is 33.9 Å². The van der Waals surface area contributed by atoms with Gasteiger partial charge in [-0.05, 0) is 37.5 Å². The molecular weight excluding hydrogens is 314 g/mol. The van der Waals surface area contributed by atoms with Crippen LogP contribution in [0.5, 0.6) is 0 Å². The van der Waals surface area contributed by atoms with E-state index < -0.39 is 0 Å². The van der Waals surface area contributed by atoms with Crippen molar-refractivity contribution in [2.24, 2.45) is 0 Å². The average Bonchev–Trinajstić information content (AvgIpc) is 2.76. The molecular formula is C13H16BrNO2S. The van der Waals surface area contributed by atoms with Crippen LogP contribution in [-0.2, 0) is 4.74 Å². The number of thiol groups is 1. The molecule has 98 valence electrons. The van der Waals surface area contributed by atoms with Gasteiger partial charge in [0.2, 0.25) is 0 Å². The summed E-state index contributed by atoms with van der Waals surface area (Å²) in [5.41, 5.74) is 0.613. The molecule has 1 N–H and O–H groups in total. The first-order chi connectivity index (χ1) is 8.60. The van der Waals surface area contributed by atoms with Crippen LogP contribution in [0.25, 0.3) is 0 Å². The van der Waals surface area contributed by atoms with Gasteiger partial charge in [-0.2, -0.15) is 0 Å². The van der Waals surface area contributed by atoms with Gasteiger partial charge in [0.15, 0.2) is 0 Å². The maximum atomic E-state index is 12.1. The van der Waals surface area contributed by atoms with Crippen LogP contribution in [0.4, 0.5) is 0 Å². The monoisotopic (exact) mass is 329 g/mol. The Kier molecular flexibility index (Phi) is 4.70. The van der Waals surface area contributed by atoms with Gasteiger partial charge in [-0.1, -0.05) is 15.9 Å². The van der Waals surface area contributed by atoms with Crippen LogP contribution in [0.1, 0.15) is 29.6 Å². The lowest BCUT2D eigenvalue weighted by Crippen LogP contribution is -2.33. The van der Waals surface area contributed by atoms with E-state index in [1.807, 2.05) is 12.1 Å². The summed E-state index contributed by atoms with van der Waals surface area (Å²) >= 11 is 7.68. The Morgan fingerprint density at radius 3 is 2.89 bits per heavy atom. The minimum absolute atomic E-state index is 0.0609. The standard InChI is InChI=1S/C13H16BrNO2S/c1-17-10-4-3-9(7-10)15-13(16)11-5-2-8(14)6-12(11)18/h2,5-6,9-10,18H,3-4,7H2,1H3,(H,15,16). The number of hydrogen-bond acceptors (Lipinski definition) is 3.